The van der Waals surface area contributed by atoms with Gasteiger partial charge in [0.25, 0.3) is 0 Å². The molecule has 17 heavy (non-hydrogen) atoms. The van der Waals surface area contributed by atoms with Gasteiger partial charge in [-0.2, -0.15) is 0 Å². The lowest BCUT2D eigenvalue weighted by Crippen LogP contribution is -2.50. The van der Waals surface area contributed by atoms with Crippen LogP contribution in [-0.4, -0.2) is 42.8 Å². The van der Waals surface area contributed by atoms with Gasteiger partial charge in [-0.3, -0.25) is 0 Å². The number of likely N-dealkylation sites (tertiary alicyclic amines) is 1. The summed E-state index contributed by atoms with van der Waals surface area (Å²) in [6, 6.07) is 0.219. The van der Waals surface area contributed by atoms with E-state index in [9.17, 15) is 9.59 Å². The zero-order valence-corrected chi connectivity index (χ0v) is 10.6. The number of nitrogens with zero attached hydrogens (tertiary/aromatic N) is 1. The van der Waals surface area contributed by atoms with Crippen molar-refractivity contribution in [2.75, 3.05) is 13.2 Å². The van der Waals surface area contributed by atoms with E-state index in [-0.39, 0.29) is 18.2 Å². The Hall–Kier alpha value is -1.26. The third kappa shape index (κ3) is 3.61. The van der Waals surface area contributed by atoms with Crippen molar-refractivity contribution in [2.45, 2.75) is 45.7 Å². The first kappa shape index (κ1) is 13.8. The number of hydrogen-bond donors (Lipinski definition) is 0. The number of amides is 1. The number of rotatable bonds is 4. The predicted molar refractivity (Wildman–Crippen MR) is 62.2 cm³/mol. The summed E-state index contributed by atoms with van der Waals surface area (Å²) in [6.45, 7) is 8.00. The van der Waals surface area contributed by atoms with E-state index >= 15 is 0 Å². The topological polar surface area (TPSA) is 55.8 Å². The average Bonchev–Trinajstić information content (AvgIpc) is 2.25. The maximum Gasteiger partial charge on any atom is 0.417 e. The van der Waals surface area contributed by atoms with E-state index in [0.717, 1.165) is 12.8 Å². The van der Waals surface area contributed by atoms with Gasteiger partial charge in [-0.05, 0) is 39.5 Å². The monoisotopic (exact) mass is 242 g/mol. The van der Waals surface area contributed by atoms with E-state index in [1.807, 2.05) is 13.8 Å². The van der Waals surface area contributed by atoms with Crippen LogP contribution in [0.5, 0.6) is 0 Å². The second kappa shape index (κ2) is 6.47. The highest BCUT2D eigenvalue weighted by Gasteiger charge is 2.34. The van der Waals surface area contributed by atoms with E-state index in [1.54, 1.807) is 11.8 Å². The Morgan fingerprint density at radius 1 is 1.35 bits per heavy atom. The maximum atomic E-state index is 11.7. The van der Waals surface area contributed by atoms with Gasteiger partial charge in [0, 0.05) is 12.1 Å². The third-order valence-corrected chi connectivity index (χ3v) is 3.16. The molecule has 97 valence electrons. The van der Waals surface area contributed by atoms with Crippen LogP contribution in [-0.2, 0) is 14.3 Å². The Labute approximate surface area is 102 Å². The first-order chi connectivity index (χ1) is 8.10. The smallest absolute Gasteiger partial charge is 0.417 e. The van der Waals surface area contributed by atoms with Crippen LogP contribution in [0.2, 0.25) is 0 Å². The van der Waals surface area contributed by atoms with Crippen LogP contribution in [0.15, 0.2) is 0 Å². The van der Waals surface area contributed by atoms with Crippen molar-refractivity contribution in [3.63, 3.8) is 0 Å². The van der Waals surface area contributed by atoms with Gasteiger partial charge in [0.05, 0.1) is 13.2 Å². The molecule has 1 heterocycles. The van der Waals surface area contributed by atoms with Crippen LogP contribution in [0.25, 0.3) is 0 Å². The molecule has 0 aromatic heterocycles. The molecule has 1 radical (unpaired) electrons. The molecular formula is C12H20NO4. The number of ether oxygens (including phenoxy) is 2. The van der Waals surface area contributed by atoms with E-state index in [1.165, 1.54) is 6.47 Å². The summed E-state index contributed by atoms with van der Waals surface area (Å²) in [4.78, 5) is 23.6. The molecule has 0 aromatic rings. The predicted octanol–water partition coefficient (Wildman–Crippen LogP) is 1.72. The molecule has 1 amide bonds. The molecule has 2 atom stereocenters. The maximum absolute atomic E-state index is 11.7. The van der Waals surface area contributed by atoms with Crippen molar-refractivity contribution in [1.82, 2.24) is 4.90 Å². The molecule has 1 saturated heterocycles. The number of carbonyl (C=O) groups is 1. The molecule has 0 bridgehead atoms. The van der Waals surface area contributed by atoms with Crippen LogP contribution in [0.1, 0.15) is 33.6 Å². The van der Waals surface area contributed by atoms with Crippen LogP contribution in [0, 0.1) is 5.92 Å². The number of hydrogen-bond acceptors (Lipinski definition) is 4. The highest BCUT2D eigenvalue weighted by Crippen LogP contribution is 2.28. The Bertz CT molecular complexity index is 257. The molecule has 1 fully saturated rings. The fourth-order valence-corrected chi connectivity index (χ4v) is 2.57. The first-order valence-electron chi connectivity index (χ1n) is 6.04. The summed E-state index contributed by atoms with van der Waals surface area (Å²) in [7, 11) is 0. The van der Waals surface area contributed by atoms with E-state index in [4.69, 9.17) is 4.74 Å². The second-order valence-electron chi connectivity index (χ2n) is 4.54. The highest BCUT2D eigenvalue weighted by atomic mass is 16.6. The Balaban J connectivity index is 2.55. The molecule has 0 saturated carbocycles. The minimum atomic E-state index is -0.256. The summed E-state index contributed by atoms with van der Waals surface area (Å²) in [5, 5.41) is 0. The lowest BCUT2D eigenvalue weighted by Gasteiger charge is -2.41. The van der Waals surface area contributed by atoms with E-state index < -0.39 is 0 Å². The number of piperidine rings is 1. The van der Waals surface area contributed by atoms with Crippen molar-refractivity contribution in [1.29, 1.82) is 0 Å². The standard InChI is InChI=1S/C12H20NO4/c1-4-17-12(15)13-9(2)5-11(6-10(13)3)7-16-8-14/h9-11H,4-7H2,1-3H3. The summed E-state index contributed by atoms with van der Waals surface area (Å²) in [5.74, 6) is 0.298. The van der Waals surface area contributed by atoms with Gasteiger partial charge in [-0.1, -0.05) is 0 Å². The van der Waals surface area contributed by atoms with Crippen LogP contribution in [0.3, 0.4) is 0 Å². The summed E-state index contributed by atoms with van der Waals surface area (Å²) >= 11 is 0. The van der Waals surface area contributed by atoms with Crippen molar-refractivity contribution >= 4 is 12.6 Å². The Morgan fingerprint density at radius 2 is 1.94 bits per heavy atom. The zero-order chi connectivity index (χ0) is 12.8. The first-order valence-corrected chi connectivity index (χ1v) is 6.04. The van der Waals surface area contributed by atoms with Crippen LogP contribution >= 0.6 is 0 Å². The van der Waals surface area contributed by atoms with Gasteiger partial charge in [0.15, 0.2) is 0 Å². The highest BCUT2D eigenvalue weighted by molar-refractivity contribution is 5.68. The zero-order valence-electron chi connectivity index (χ0n) is 10.6. The minimum absolute atomic E-state index is 0.109. The fraction of sp³-hybridized carbons (Fsp3) is 0.833. The minimum Gasteiger partial charge on any atom is -0.457 e. The van der Waals surface area contributed by atoms with Crippen molar-refractivity contribution < 1.29 is 19.1 Å². The third-order valence-electron chi connectivity index (χ3n) is 3.16. The Kier molecular flexibility index (Phi) is 5.25. The van der Waals surface area contributed by atoms with Gasteiger partial charge in [0.1, 0.15) is 0 Å². The molecule has 1 aliphatic rings. The fourth-order valence-electron chi connectivity index (χ4n) is 2.57. The van der Waals surface area contributed by atoms with Gasteiger partial charge >= 0.3 is 12.6 Å². The van der Waals surface area contributed by atoms with Gasteiger partial charge in [-0.15, -0.1) is 0 Å². The lowest BCUT2D eigenvalue weighted by molar-refractivity contribution is 0.0325. The van der Waals surface area contributed by atoms with E-state index in [0.29, 0.717) is 19.1 Å². The van der Waals surface area contributed by atoms with Gasteiger partial charge in [0.2, 0.25) is 0 Å². The van der Waals surface area contributed by atoms with Gasteiger partial charge < -0.3 is 14.4 Å². The van der Waals surface area contributed by atoms with Gasteiger partial charge in [-0.25, -0.2) is 9.59 Å². The quantitative estimate of drug-likeness (QED) is 0.753. The molecule has 5 heteroatoms. The molecule has 0 aromatic carbocycles. The van der Waals surface area contributed by atoms with Crippen molar-refractivity contribution in [2.24, 2.45) is 5.92 Å². The number of carbonyl (C=O) groups excluding carboxylic acids is 2. The van der Waals surface area contributed by atoms with Crippen LogP contribution < -0.4 is 0 Å². The van der Waals surface area contributed by atoms with E-state index in [2.05, 4.69) is 4.74 Å². The molecular weight excluding hydrogens is 222 g/mol. The summed E-state index contributed by atoms with van der Waals surface area (Å²) < 4.78 is 9.70. The second-order valence-corrected chi connectivity index (χ2v) is 4.54. The summed E-state index contributed by atoms with van der Waals surface area (Å²) in [5.41, 5.74) is 0. The lowest BCUT2D eigenvalue weighted by atomic mass is 9.88. The molecule has 0 spiro atoms. The largest absolute Gasteiger partial charge is 0.457 e. The molecule has 5 nitrogen and oxygen atoms in total. The SMILES string of the molecule is CCOC(=O)N1C(C)CC(CO[C]=O)CC1C. The van der Waals surface area contributed by atoms with Crippen molar-refractivity contribution in [3.05, 3.63) is 0 Å². The normalized spacial score (nSPS) is 28.6. The molecule has 1 aliphatic heterocycles. The summed E-state index contributed by atoms with van der Waals surface area (Å²) in [6.07, 6.45) is 1.39. The van der Waals surface area contributed by atoms with Crippen molar-refractivity contribution in [3.8, 4) is 0 Å². The molecule has 2 unspecified atom stereocenters. The average molecular weight is 242 g/mol. The molecule has 0 aliphatic carbocycles. The Morgan fingerprint density at radius 3 is 2.41 bits per heavy atom. The van der Waals surface area contributed by atoms with Crippen LogP contribution in [0.4, 0.5) is 4.79 Å². The molecule has 1 rings (SSSR count). The molecule has 0 N–H and O–H groups in total.